The highest BCUT2D eigenvalue weighted by molar-refractivity contribution is 9.10. The number of halogens is 1. The topological polar surface area (TPSA) is 121 Å². The van der Waals surface area contributed by atoms with E-state index in [-0.39, 0.29) is 22.9 Å². The molecule has 0 aliphatic carbocycles. The number of carbonyl (C=O) groups excluding carboxylic acids is 1. The summed E-state index contributed by atoms with van der Waals surface area (Å²) in [5, 5.41) is 31.3. The molecule has 2 aromatic carbocycles. The first-order valence-corrected chi connectivity index (χ1v) is 9.14. The van der Waals surface area contributed by atoms with Crippen molar-refractivity contribution in [3.05, 3.63) is 62.2 Å². The molecule has 0 fully saturated rings. The number of phenolic OH excluding ortho intramolecular Hbond substituents is 1. The largest absolute Gasteiger partial charge is 0.507 e. The lowest BCUT2D eigenvalue weighted by atomic mass is 10.1. The quantitative estimate of drug-likeness (QED) is 0.298. The standard InChI is InChI=1S/C18H17BrN4O4/c19-13-9-8-11-14(21-22-16(11)17(13)23(26)27)6-3-4-10-20-18(25)12-5-1-2-7-15(12)24/h1-2,5,7-9,24H,3-4,6,10H2,(H,20,25)(H,21,22). The van der Waals surface area contributed by atoms with E-state index in [1.165, 1.54) is 6.07 Å². The number of aromatic nitrogens is 2. The van der Waals surface area contributed by atoms with Gasteiger partial charge in [-0.1, -0.05) is 12.1 Å². The van der Waals surface area contributed by atoms with Crippen LogP contribution >= 0.6 is 15.9 Å². The fourth-order valence-corrected chi connectivity index (χ4v) is 3.33. The van der Waals surface area contributed by atoms with Crippen LogP contribution in [-0.4, -0.2) is 32.7 Å². The summed E-state index contributed by atoms with van der Waals surface area (Å²) in [6, 6.07) is 9.82. The first kappa shape index (κ1) is 18.8. The van der Waals surface area contributed by atoms with Crippen molar-refractivity contribution in [3.8, 4) is 5.75 Å². The molecule has 0 spiro atoms. The zero-order valence-electron chi connectivity index (χ0n) is 14.2. The summed E-state index contributed by atoms with van der Waals surface area (Å²) in [6.07, 6.45) is 2.10. The van der Waals surface area contributed by atoms with E-state index in [4.69, 9.17) is 0 Å². The highest BCUT2D eigenvalue weighted by Crippen LogP contribution is 2.33. The first-order valence-electron chi connectivity index (χ1n) is 8.35. The smallest absolute Gasteiger partial charge is 0.308 e. The van der Waals surface area contributed by atoms with Crippen LogP contribution in [0, 0.1) is 10.1 Å². The van der Waals surface area contributed by atoms with E-state index in [0.29, 0.717) is 29.4 Å². The van der Waals surface area contributed by atoms with Crippen LogP contribution in [0.15, 0.2) is 40.9 Å². The number of rotatable bonds is 7. The van der Waals surface area contributed by atoms with E-state index in [1.54, 1.807) is 30.3 Å². The molecule has 1 amide bonds. The summed E-state index contributed by atoms with van der Waals surface area (Å²) >= 11 is 3.19. The van der Waals surface area contributed by atoms with E-state index in [9.17, 15) is 20.0 Å². The molecule has 0 aliphatic heterocycles. The Morgan fingerprint density at radius 3 is 2.78 bits per heavy atom. The number of carbonyl (C=O) groups is 1. The molecule has 3 N–H and O–H groups in total. The molecule has 0 bridgehead atoms. The highest BCUT2D eigenvalue weighted by Gasteiger charge is 2.20. The number of nitrogens with one attached hydrogen (secondary N) is 2. The van der Waals surface area contributed by atoms with E-state index >= 15 is 0 Å². The van der Waals surface area contributed by atoms with Gasteiger partial charge in [-0.05, 0) is 59.5 Å². The molecule has 0 saturated heterocycles. The number of nitro groups is 1. The molecule has 1 aromatic heterocycles. The Labute approximate surface area is 162 Å². The molecule has 0 aliphatic rings. The Morgan fingerprint density at radius 1 is 1.26 bits per heavy atom. The molecule has 1 heterocycles. The Kier molecular flexibility index (Phi) is 5.70. The summed E-state index contributed by atoms with van der Waals surface area (Å²) in [5.41, 5.74) is 1.37. The molecule has 9 heteroatoms. The van der Waals surface area contributed by atoms with Crippen LogP contribution in [-0.2, 0) is 6.42 Å². The van der Waals surface area contributed by atoms with Gasteiger partial charge < -0.3 is 10.4 Å². The van der Waals surface area contributed by atoms with Crippen LogP contribution in [0.25, 0.3) is 10.9 Å². The number of aryl methyl sites for hydroxylation is 1. The molecule has 140 valence electrons. The molecule has 8 nitrogen and oxygen atoms in total. The van der Waals surface area contributed by atoms with Crippen molar-refractivity contribution >= 4 is 38.4 Å². The summed E-state index contributed by atoms with van der Waals surface area (Å²) in [5.74, 6) is -0.371. The van der Waals surface area contributed by atoms with E-state index in [1.807, 2.05) is 0 Å². The molecule has 0 atom stereocenters. The van der Waals surface area contributed by atoms with Crippen molar-refractivity contribution in [2.75, 3.05) is 6.54 Å². The number of unbranched alkanes of at least 4 members (excludes halogenated alkanes) is 1. The third kappa shape index (κ3) is 4.08. The van der Waals surface area contributed by atoms with Crippen LogP contribution in [0.1, 0.15) is 28.9 Å². The molecular weight excluding hydrogens is 416 g/mol. The zero-order valence-corrected chi connectivity index (χ0v) is 15.8. The number of para-hydroxylation sites is 1. The van der Waals surface area contributed by atoms with Crippen LogP contribution in [0.4, 0.5) is 5.69 Å². The predicted octanol–water partition coefficient (Wildman–Crippen LogP) is 3.69. The Hall–Kier alpha value is -2.94. The van der Waals surface area contributed by atoms with Crippen molar-refractivity contribution in [1.29, 1.82) is 0 Å². The molecule has 0 unspecified atom stereocenters. The number of benzene rings is 2. The predicted molar refractivity (Wildman–Crippen MR) is 104 cm³/mol. The van der Waals surface area contributed by atoms with Gasteiger partial charge in [-0.2, -0.15) is 5.10 Å². The lowest BCUT2D eigenvalue weighted by Crippen LogP contribution is -2.24. The molecule has 27 heavy (non-hydrogen) atoms. The minimum Gasteiger partial charge on any atom is -0.507 e. The number of aromatic amines is 1. The van der Waals surface area contributed by atoms with Crippen LogP contribution in [0.5, 0.6) is 5.75 Å². The normalized spacial score (nSPS) is 10.9. The van der Waals surface area contributed by atoms with Gasteiger partial charge in [0.25, 0.3) is 5.91 Å². The Morgan fingerprint density at radius 2 is 2.04 bits per heavy atom. The van der Waals surface area contributed by atoms with Crippen molar-refractivity contribution < 1.29 is 14.8 Å². The lowest BCUT2D eigenvalue weighted by Gasteiger charge is -2.06. The zero-order chi connectivity index (χ0) is 19.4. The van der Waals surface area contributed by atoms with E-state index < -0.39 is 4.92 Å². The van der Waals surface area contributed by atoms with E-state index in [0.717, 1.165) is 17.5 Å². The molecule has 3 rings (SSSR count). The monoisotopic (exact) mass is 432 g/mol. The van der Waals surface area contributed by atoms with Crippen molar-refractivity contribution in [2.24, 2.45) is 0 Å². The average Bonchev–Trinajstić information content (AvgIpc) is 3.04. The Bertz CT molecular complexity index is 1000. The lowest BCUT2D eigenvalue weighted by molar-refractivity contribution is -0.384. The second kappa shape index (κ2) is 8.17. The van der Waals surface area contributed by atoms with Crippen LogP contribution in [0.2, 0.25) is 0 Å². The van der Waals surface area contributed by atoms with Gasteiger partial charge in [0.2, 0.25) is 0 Å². The van der Waals surface area contributed by atoms with Gasteiger partial charge in [-0.3, -0.25) is 20.0 Å². The summed E-state index contributed by atoms with van der Waals surface area (Å²) in [7, 11) is 0. The fourth-order valence-electron chi connectivity index (χ4n) is 2.85. The van der Waals surface area contributed by atoms with Crippen molar-refractivity contribution in [2.45, 2.75) is 19.3 Å². The number of hydrogen-bond acceptors (Lipinski definition) is 5. The number of fused-ring (bicyclic) bond motifs is 1. The number of nitro benzene ring substituents is 1. The summed E-state index contributed by atoms with van der Waals surface area (Å²) in [4.78, 5) is 22.8. The van der Waals surface area contributed by atoms with Crippen LogP contribution < -0.4 is 5.32 Å². The minimum absolute atomic E-state index is 0.0267. The molecule has 0 radical (unpaired) electrons. The number of H-pyrrole nitrogens is 1. The summed E-state index contributed by atoms with van der Waals surface area (Å²) < 4.78 is 0.405. The maximum atomic E-state index is 12.0. The fraction of sp³-hybridized carbons (Fsp3) is 0.222. The second-order valence-corrected chi connectivity index (χ2v) is 6.83. The van der Waals surface area contributed by atoms with Gasteiger partial charge in [0.15, 0.2) is 0 Å². The second-order valence-electron chi connectivity index (χ2n) is 5.98. The molecule has 0 saturated carbocycles. The third-order valence-corrected chi connectivity index (χ3v) is 4.84. The summed E-state index contributed by atoms with van der Waals surface area (Å²) in [6.45, 7) is 0.460. The highest BCUT2D eigenvalue weighted by atomic mass is 79.9. The van der Waals surface area contributed by atoms with Gasteiger partial charge in [0.1, 0.15) is 11.3 Å². The molecule has 3 aromatic rings. The SMILES string of the molecule is O=C(NCCCCc1n[nH]c2c([N+](=O)[O-])c(Br)ccc12)c1ccccc1O. The van der Waals surface area contributed by atoms with Crippen LogP contribution in [0.3, 0.4) is 0 Å². The number of aromatic hydroxyl groups is 1. The van der Waals surface area contributed by atoms with Gasteiger partial charge >= 0.3 is 5.69 Å². The maximum absolute atomic E-state index is 12.0. The van der Waals surface area contributed by atoms with Gasteiger partial charge in [0.05, 0.1) is 20.7 Å². The van der Waals surface area contributed by atoms with Crippen molar-refractivity contribution in [1.82, 2.24) is 15.5 Å². The average molecular weight is 433 g/mol. The van der Waals surface area contributed by atoms with Gasteiger partial charge in [-0.25, -0.2) is 0 Å². The number of hydrogen-bond donors (Lipinski definition) is 3. The molecular formula is C18H17BrN4O4. The van der Waals surface area contributed by atoms with Gasteiger partial charge in [0, 0.05) is 11.9 Å². The number of amides is 1. The first-order chi connectivity index (χ1) is 13.0. The maximum Gasteiger partial charge on any atom is 0.308 e. The number of nitrogens with zero attached hydrogens (tertiary/aromatic N) is 2. The van der Waals surface area contributed by atoms with E-state index in [2.05, 4.69) is 31.4 Å². The Balaban J connectivity index is 1.56. The van der Waals surface area contributed by atoms with Gasteiger partial charge in [-0.15, -0.1) is 0 Å². The third-order valence-electron chi connectivity index (χ3n) is 4.20. The minimum atomic E-state index is -0.442. The van der Waals surface area contributed by atoms with Crippen molar-refractivity contribution in [3.63, 3.8) is 0 Å². The number of phenols is 1.